The molecule has 9 heteroatoms. The molecule has 0 aliphatic carbocycles. The van der Waals surface area contributed by atoms with Crippen LogP contribution in [0.1, 0.15) is 30.1 Å². The topological polar surface area (TPSA) is 88.6 Å². The van der Waals surface area contributed by atoms with Crippen LogP contribution in [-0.2, 0) is 9.59 Å². The molecule has 0 unspecified atom stereocenters. The number of hydrogen-bond donors (Lipinski definition) is 0. The Morgan fingerprint density at radius 2 is 1.78 bits per heavy atom. The predicted molar refractivity (Wildman–Crippen MR) is 135 cm³/mol. The first kappa shape index (κ1) is 25.5. The van der Waals surface area contributed by atoms with Crippen LogP contribution in [-0.4, -0.2) is 87.0 Å². The summed E-state index contributed by atoms with van der Waals surface area (Å²) in [7, 11) is 1.54. The lowest BCUT2D eigenvalue weighted by atomic mass is 10.1. The fourth-order valence-corrected chi connectivity index (χ4v) is 4.45. The summed E-state index contributed by atoms with van der Waals surface area (Å²) < 4.78 is 16.5. The molecule has 2 aliphatic rings. The number of carbonyl (C=O) groups excluding carboxylic acids is 3. The number of amides is 2. The Morgan fingerprint density at radius 1 is 1.03 bits per heavy atom. The Hall–Kier alpha value is -3.59. The number of ether oxygens (including phenoxy) is 3. The third-order valence-corrected chi connectivity index (χ3v) is 6.60. The molecule has 0 radical (unpaired) electrons. The van der Waals surface area contributed by atoms with Gasteiger partial charge in [0.2, 0.25) is 5.91 Å². The van der Waals surface area contributed by atoms with Crippen molar-refractivity contribution >= 4 is 23.3 Å². The summed E-state index contributed by atoms with van der Waals surface area (Å²) in [5.41, 5.74) is 0.954. The van der Waals surface area contributed by atoms with E-state index in [2.05, 4.69) is 11.8 Å². The summed E-state index contributed by atoms with van der Waals surface area (Å²) in [6.07, 6.45) is 0.907. The minimum atomic E-state index is -0.233. The van der Waals surface area contributed by atoms with Gasteiger partial charge in [-0.1, -0.05) is 19.1 Å². The maximum atomic E-state index is 12.9. The molecular weight excluding hydrogens is 462 g/mol. The van der Waals surface area contributed by atoms with Gasteiger partial charge in [-0.05, 0) is 43.3 Å². The van der Waals surface area contributed by atoms with Crippen LogP contribution in [0.3, 0.4) is 0 Å². The molecule has 9 nitrogen and oxygen atoms in total. The van der Waals surface area contributed by atoms with E-state index in [9.17, 15) is 14.4 Å². The summed E-state index contributed by atoms with van der Waals surface area (Å²) in [4.78, 5) is 44.0. The van der Waals surface area contributed by atoms with Crippen LogP contribution in [0, 0.1) is 0 Å². The van der Waals surface area contributed by atoms with E-state index >= 15 is 0 Å². The van der Waals surface area contributed by atoms with E-state index in [1.807, 2.05) is 11.0 Å². The summed E-state index contributed by atoms with van der Waals surface area (Å²) in [6, 6.07) is 12.1. The van der Waals surface area contributed by atoms with Crippen molar-refractivity contribution in [1.82, 2.24) is 9.80 Å². The molecule has 0 spiro atoms. The fourth-order valence-electron chi connectivity index (χ4n) is 4.45. The number of ketones is 1. The smallest absolute Gasteiger partial charge is 0.265 e. The minimum absolute atomic E-state index is 0.0653. The number of para-hydroxylation sites is 2. The Balaban J connectivity index is 1.36. The number of Topliss-reactive ketones (excluding diaryl/α,β-unsaturated/α-hetero) is 1. The number of rotatable bonds is 10. The third kappa shape index (κ3) is 5.96. The Kier molecular flexibility index (Phi) is 8.43. The van der Waals surface area contributed by atoms with E-state index < -0.39 is 0 Å². The quantitative estimate of drug-likeness (QED) is 0.468. The van der Waals surface area contributed by atoms with Crippen LogP contribution < -0.4 is 19.1 Å². The van der Waals surface area contributed by atoms with Gasteiger partial charge in [0.1, 0.15) is 5.75 Å². The maximum absolute atomic E-state index is 12.9. The van der Waals surface area contributed by atoms with Crippen LogP contribution in [0.5, 0.6) is 17.2 Å². The van der Waals surface area contributed by atoms with Gasteiger partial charge in [0.25, 0.3) is 5.91 Å². The van der Waals surface area contributed by atoms with Crippen molar-refractivity contribution in [3.63, 3.8) is 0 Å². The summed E-state index contributed by atoms with van der Waals surface area (Å²) in [5.74, 6) is 1.25. The molecule has 1 saturated heterocycles. The van der Waals surface area contributed by atoms with Crippen LogP contribution in [0.2, 0.25) is 0 Å². The van der Waals surface area contributed by atoms with E-state index in [1.54, 1.807) is 48.4 Å². The van der Waals surface area contributed by atoms with Gasteiger partial charge in [0.05, 0.1) is 12.8 Å². The van der Waals surface area contributed by atoms with Gasteiger partial charge in [0.15, 0.2) is 30.5 Å². The average Bonchev–Trinajstić information content (AvgIpc) is 2.92. The SMILES string of the molecule is CCN1CCN(C(=O)CCCN2C(=O)COc3ccc(C(=O)COc4ccccc4OC)cc32)CC1. The molecule has 0 atom stereocenters. The van der Waals surface area contributed by atoms with Gasteiger partial charge in [-0.15, -0.1) is 0 Å². The number of likely N-dealkylation sites (N-methyl/N-ethyl adjacent to an activating group) is 1. The average molecular weight is 496 g/mol. The highest BCUT2D eigenvalue weighted by molar-refractivity contribution is 6.02. The van der Waals surface area contributed by atoms with Gasteiger partial charge < -0.3 is 28.9 Å². The number of benzene rings is 2. The van der Waals surface area contributed by atoms with E-state index in [0.717, 1.165) is 32.7 Å². The highest BCUT2D eigenvalue weighted by Crippen LogP contribution is 2.33. The lowest BCUT2D eigenvalue weighted by Crippen LogP contribution is -2.48. The monoisotopic (exact) mass is 495 g/mol. The fraction of sp³-hybridized carbons (Fsp3) is 0.444. The zero-order chi connectivity index (χ0) is 25.5. The van der Waals surface area contributed by atoms with Crippen molar-refractivity contribution in [3.05, 3.63) is 48.0 Å². The van der Waals surface area contributed by atoms with Crippen LogP contribution >= 0.6 is 0 Å². The lowest BCUT2D eigenvalue weighted by molar-refractivity contribution is -0.133. The van der Waals surface area contributed by atoms with Crippen LogP contribution in [0.25, 0.3) is 0 Å². The molecule has 1 fully saturated rings. The van der Waals surface area contributed by atoms with Gasteiger partial charge >= 0.3 is 0 Å². The molecule has 36 heavy (non-hydrogen) atoms. The van der Waals surface area contributed by atoms with Crippen molar-refractivity contribution < 1.29 is 28.6 Å². The molecule has 2 aliphatic heterocycles. The minimum Gasteiger partial charge on any atom is -0.493 e. The van der Waals surface area contributed by atoms with Crippen molar-refractivity contribution in [1.29, 1.82) is 0 Å². The third-order valence-electron chi connectivity index (χ3n) is 6.60. The molecule has 2 amide bonds. The number of fused-ring (bicyclic) bond motifs is 1. The molecule has 0 aromatic heterocycles. The largest absolute Gasteiger partial charge is 0.493 e. The van der Waals surface area contributed by atoms with Crippen molar-refractivity contribution in [3.8, 4) is 17.2 Å². The van der Waals surface area contributed by atoms with Crippen molar-refractivity contribution in [2.45, 2.75) is 19.8 Å². The Labute approximate surface area is 211 Å². The summed E-state index contributed by atoms with van der Waals surface area (Å²) in [6.45, 7) is 6.55. The number of anilines is 1. The molecule has 2 heterocycles. The standard InChI is InChI=1S/C27H33N3O6/c1-3-28-13-15-29(16-14-28)26(32)9-6-12-30-21-17-20(10-11-23(21)36-19-27(30)33)22(31)18-35-25-8-5-4-7-24(25)34-2/h4-5,7-8,10-11,17H,3,6,9,12-16,18-19H2,1-2H3. The second kappa shape index (κ2) is 11.9. The Bertz CT molecular complexity index is 1100. The number of piperazine rings is 1. The number of hydrogen-bond acceptors (Lipinski definition) is 7. The first-order valence-electron chi connectivity index (χ1n) is 12.4. The van der Waals surface area contributed by atoms with E-state index in [0.29, 0.717) is 47.9 Å². The second-order valence-electron chi connectivity index (χ2n) is 8.80. The van der Waals surface area contributed by atoms with E-state index in [1.165, 1.54) is 0 Å². The van der Waals surface area contributed by atoms with Gasteiger partial charge in [-0.2, -0.15) is 0 Å². The molecule has 4 rings (SSSR count). The zero-order valence-corrected chi connectivity index (χ0v) is 20.9. The molecule has 2 aromatic rings. The van der Waals surface area contributed by atoms with Crippen LogP contribution in [0.15, 0.2) is 42.5 Å². The van der Waals surface area contributed by atoms with E-state index in [4.69, 9.17) is 14.2 Å². The van der Waals surface area contributed by atoms with Gasteiger partial charge in [-0.25, -0.2) is 0 Å². The van der Waals surface area contributed by atoms with E-state index in [-0.39, 0.29) is 30.8 Å². The maximum Gasteiger partial charge on any atom is 0.265 e. The highest BCUT2D eigenvalue weighted by Gasteiger charge is 2.27. The van der Waals surface area contributed by atoms with Crippen molar-refractivity contribution in [2.24, 2.45) is 0 Å². The van der Waals surface area contributed by atoms with Crippen LogP contribution in [0.4, 0.5) is 5.69 Å². The molecule has 0 N–H and O–H groups in total. The Morgan fingerprint density at radius 3 is 2.50 bits per heavy atom. The zero-order valence-electron chi connectivity index (χ0n) is 20.9. The first-order chi connectivity index (χ1) is 17.5. The van der Waals surface area contributed by atoms with Gasteiger partial charge in [-0.3, -0.25) is 14.4 Å². The molecule has 0 bridgehead atoms. The molecule has 0 saturated carbocycles. The molecular formula is C27H33N3O6. The molecule has 2 aromatic carbocycles. The van der Waals surface area contributed by atoms with Gasteiger partial charge in [0, 0.05) is 44.7 Å². The normalized spacial score (nSPS) is 15.8. The highest BCUT2D eigenvalue weighted by atomic mass is 16.5. The second-order valence-corrected chi connectivity index (χ2v) is 8.80. The van der Waals surface area contributed by atoms with Crippen molar-refractivity contribution in [2.75, 3.05) is 64.5 Å². The number of carbonyl (C=O) groups is 3. The lowest BCUT2D eigenvalue weighted by Gasteiger charge is -2.34. The molecule has 192 valence electrons. The summed E-state index contributed by atoms with van der Waals surface area (Å²) in [5, 5.41) is 0. The predicted octanol–water partition coefficient (Wildman–Crippen LogP) is 2.63. The summed E-state index contributed by atoms with van der Waals surface area (Å²) >= 11 is 0. The first-order valence-corrected chi connectivity index (χ1v) is 12.4. The number of nitrogens with zero attached hydrogens (tertiary/aromatic N) is 3. The number of methoxy groups -OCH3 is 1.